The Bertz CT molecular complexity index is 81.6. The van der Waals surface area contributed by atoms with Crippen LogP contribution < -0.4 is 0 Å². The van der Waals surface area contributed by atoms with Gasteiger partial charge >= 0.3 is 0 Å². The molecule has 0 saturated heterocycles. The second kappa shape index (κ2) is 3.24. The molecule has 3 heteroatoms. The molecule has 1 heterocycles. The van der Waals surface area contributed by atoms with E-state index in [2.05, 4.69) is 10.2 Å². The quantitative estimate of drug-likeness (QED) is 0.468. The lowest BCUT2D eigenvalue weighted by molar-refractivity contribution is 0.686. The van der Waals surface area contributed by atoms with Crippen molar-refractivity contribution >= 4 is 0 Å². The minimum atomic E-state index is 0. The first-order valence-corrected chi connectivity index (χ1v) is 1.72. The Labute approximate surface area is 41.3 Å². The Kier molecular flexibility index (Phi) is 2.79. The topological polar surface area (TPSA) is 54.3 Å². The van der Waals surface area contributed by atoms with Crippen LogP contribution in [0.4, 0.5) is 0 Å². The van der Waals surface area contributed by atoms with Crippen molar-refractivity contribution in [2.75, 3.05) is 0 Å². The minimum Gasteiger partial charge on any atom is -0.159 e. The van der Waals surface area contributed by atoms with Crippen LogP contribution in [0.1, 0.15) is 0 Å². The monoisotopic (exact) mass is 96.0 g/mol. The Balaban J connectivity index is 0.000000360. The second-order valence-electron chi connectivity index (χ2n) is 0.914. The summed E-state index contributed by atoms with van der Waals surface area (Å²) in [5, 5.41) is 7.07. The van der Waals surface area contributed by atoms with E-state index in [4.69, 9.17) is 0 Å². The van der Waals surface area contributed by atoms with E-state index in [-0.39, 0.29) is 5.48 Å². The maximum Gasteiger partial charge on any atom is 0.0496 e. The normalized spacial score (nSPS) is 6.86. The highest BCUT2D eigenvalue weighted by Gasteiger charge is 1.59. The van der Waals surface area contributed by atoms with Crippen molar-refractivity contribution in [2.45, 2.75) is 0 Å². The van der Waals surface area contributed by atoms with Crippen molar-refractivity contribution in [3.63, 3.8) is 0 Å². The maximum atomic E-state index is 3.53. The Morgan fingerprint density at radius 3 is 1.43 bits per heavy atom. The molecule has 0 amide bonds. The fraction of sp³-hybridized carbons (Fsp3) is 0. The Hall–Kier alpha value is -0.960. The van der Waals surface area contributed by atoms with E-state index in [0.717, 1.165) is 0 Å². The summed E-state index contributed by atoms with van der Waals surface area (Å²) >= 11 is 0. The van der Waals surface area contributed by atoms with Gasteiger partial charge in [-0.15, -0.1) is 0 Å². The Morgan fingerprint density at radius 2 is 1.29 bits per heavy atom. The first-order chi connectivity index (χ1) is 3.00. The predicted octanol–water partition coefficient (Wildman–Crippen LogP) is 0.358. The van der Waals surface area contributed by atoms with Crippen molar-refractivity contribution in [3.8, 4) is 0 Å². The fourth-order valence-corrected chi connectivity index (χ4v) is 0.253. The largest absolute Gasteiger partial charge is 0.159 e. The van der Waals surface area contributed by atoms with Gasteiger partial charge in [0.15, 0.2) is 0 Å². The number of hydrogen-bond acceptors (Lipinski definition) is 2. The summed E-state index contributed by atoms with van der Waals surface area (Å²) in [4.78, 5) is 0. The van der Waals surface area contributed by atoms with E-state index in [9.17, 15) is 0 Å². The van der Waals surface area contributed by atoms with Crippen molar-refractivity contribution in [1.82, 2.24) is 10.2 Å². The van der Waals surface area contributed by atoms with Gasteiger partial charge in [0.2, 0.25) is 0 Å². The summed E-state index contributed by atoms with van der Waals surface area (Å²) in [5.41, 5.74) is 0. The zero-order chi connectivity index (χ0) is 4.24. The van der Waals surface area contributed by atoms with Crippen LogP contribution in [-0.4, -0.2) is 10.2 Å². The van der Waals surface area contributed by atoms with Gasteiger partial charge in [-0.25, -0.2) is 0 Å². The van der Waals surface area contributed by atoms with Crippen LogP contribution in [0.15, 0.2) is 24.5 Å². The fourth-order valence-electron chi connectivity index (χ4n) is 0.253. The summed E-state index contributed by atoms with van der Waals surface area (Å²) in [7, 11) is 0. The Morgan fingerprint density at radius 1 is 0.857 bits per heavy atom. The average Bonchev–Trinajstić information content (AvgIpc) is 1.72. The highest BCUT2D eigenvalue weighted by Crippen LogP contribution is 1.68. The molecule has 3 nitrogen and oxygen atoms in total. The van der Waals surface area contributed by atoms with Gasteiger partial charge in [-0.1, -0.05) is 0 Å². The summed E-state index contributed by atoms with van der Waals surface area (Å²) in [6, 6.07) is 3.65. The van der Waals surface area contributed by atoms with E-state index in [1.807, 2.05) is 12.1 Å². The zero-order valence-electron chi connectivity index (χ0n) is 3.61. The van der Waals surface area contributed by atoms with Crippen LogP contribution in [0.2, 0.25) is 0 Å². The molecule has 0 saturated carbocycles. The van der Waals surface area contributed by atoms with Gasteiger partial charge in [0.1, 0.15) is 0 Å². The smallest absolute Gasteiger partial charge is 0.0496 e. The average molecular weight is 96.1 g/mol. The maximum absolute atomic E-state index is 3.53. The molecule has 0 N–H and O–H groups in total. The molecule has 0 atom stereocenters. The predicted molar refractivity (Wildman–Crippen MR) is 22.7 cm³/mol. The van der Waals surface area contributed by atoms with Crippen LogP contribution in [0, 0.1) is 0 Å². The van der Waals surface area contributed by atoms with Crippen LogP contribution in [0.5, 0.6) is 0 Å². The van der Waals surface area contributed by atoms with Crippen molar-refractivity contribution < 1.29 is 5.48 Å². The van der Waals surface area contributed by atoms with E-state index >= 15 is 0 Å². The van der Waals surface area contributed by atoms with Gasteiger partial charge in [-0.2, -0.15) is 10.2 Å². The highest BCUT2D eigenvalue weighted by molar-refractivity contribution is 4.79. The first kappa shape index (κ1) is 6.04. The summed E-state index contributed by atoms with van der Waals surface area (Å²) in [6.45, 7) is 0. The van der Waals surface area contributed by atoms with E-state index in [1.54, 1.807) is 12.4 Å². The molecule has 0 spiro atoms. The van der Waals surface area contributed by atoms with Gasteiger partial charge in [-0.05, 0) is 12.1 Å². The third-order valence-corrected chi connectivity index (χ3v) is 0.483. The second-order valence-corrected chi connectivity index (χ2v) is 0.914. The summed E-state index contributed by atoms with van der Waals surface area (Å²) in [5.74, 6) is 0. The van der Waals surface area contributed by atoms with Crippen LogP contribution in [0.3, 0.4) is 0 Å². The van der Waals surface area contributed by atoms with E-state index in [0.29, 0.717) is 0 Å². The van der Waals surface area contributed by atoms with E-state index in [1.165, 1.54) is 0 Å². The number of hydrogen-bond donors (Lipinski definition) is 0. The van der Waals surface area contributed by atoms with Gasteiger partial charge in [0.05, 0.1) is 0 Å². The molecule has 2 radical (unpaired) electrons. The third-order valence-electron chi connectivity index (χ3n) is 0.483. The molecule has 0 aliphatic rings. The van der Waals surface area contributed by atoms with Crippen molar-refractivity contribution in [3.05, 3.63) is 24.5 Å². The number of nitrogens with zero attached hydrogens (tertiary/aromatic N) is 2. The van der Waals surface area contributed by atoms with Gasteiger partial charge in [0.25, 0.3) is 0 Å². The molecular formula is C4H4N2O. The van der Waals surface area contributed by atoms with Crippen LogP contribution in [-0.2, 0) is 5.48 Å². The number of aromatic nitrogens is 2. The standard InChI is InChI=1S/C4H4N2.O/c1-2-4-6-5-3-1;/h1-4H;. The molecule has 0 aliphatic carbocycles. The van der Waals surface area contributed by atoms with Crippen molar-refractivity contribution in [1.29, 1.82) is 0 Å². The van der Waals surface area contributed by atoms with Gasteiger partial charge < -0.3 is 0 Å². The molecule has 7 heavy (non-hydrogen) atoms. The molecule has 0 bridgehead atoms. The SMILES string of the molecule is [O].c1ccnnc1. The van der Waals surface area contributed by atoms with Gasteiger partial charge in [-0.3, -0.25) is 0 Å². The molecule has 0 aliphatic heterocycles. The van der Waals surface area contributed by atoms with Crippen LogP contribution >= 0.6 is 0 Å². The summed E-state index contributed by atoms with van der Waals surface area (Å²) < 4.78 is 0. The molecule has 1 aromatic heterocycles. The number of rotatable bonds is 0. The zero-order valence-corrected chi connectivity index (χ0v) is 3.61. The molecule has 36 valence electrons. The third kappa shape index (κ3) is 1.83. The lowest BCUT2D eigenvalue weighted by Gasteiger charge is -1.69. The molecule has 0 aromatic carbocycles. The molecule has 0 fully saturated rings. The summed E-state index contributed by atoms with van der Waals surface area (Å²) in [6.07, 6.45) is 3.28. The lowest BCUT2D eigenvalue weighted by atomic mass is 10.6. The van der Waals surface area contributed by atoms with Crippen molar-refractivity contribution in [2.24, 2.45) is 0 Å². The highest BCUT2D eigenvalue weighted by atomic mass is 16.0. The van der Waals surface area contributed by atoms with Crippen LogP contribution in [0.25, 0.3) is 0 Å². The molecule has 1 rings (SSSR count). The van der Waals surface area contributed by atoms with E-state index < -0.39 is 0 Å². The first-order valence-electron chi connectivity index (χ1n) is 1.72. The van der Waals surface area contributed by atoms with Gasteiger partial charge in [0, 0.05) is 17.9 Å². The molecular weight excluding hydrogens is 92.1 g/mol. The molecule has 1 aromatic rings. The lowest BCUT2D eigenvalue weighted by Crippen LogP contribution is -1.69. The molecule has 0 unspecified atom stereocenters. The minimum absolute atomic E-state index is 0.